The van der Waals surface area contributed by atoms with Gasteiger partial charge in [-0.15, -0.1) is 12.4 Å². The van der Waals surface area contributed by atoms with Gasteiger partial charge in [0.1, 0.15) is 0 Å². The molecule has 2 fully saturated rings. The van der Waals surface area contributed by atoms with Crippen LogP contribution in [0.4, 0.5) is 0 Å². The molecule has 3 heteroatoms. The minimum absolute atomic E-state index is 0. The maximum Gasteiger partial charge on any atom is 0.0972 e. The molecule has 2 atom stereocenters. The van der Waals surface area contributed by atoms with Crippen LogP contribution < -0.4 is 5.32 Å². The Hall–Kier alpha value is -0.240. The van der Waals surface area contributed by atoms with E-state index in [2.05, 4.69) is 19.2 Å². The van der Waals surface area contributed by atoms with E-state index in [0.717, 1.165) is 23.8 Å². The van der Waals surface area contributed by atoms with Gasteiger partial charge in [0, 0.05) is 12.5 Å². The van der Waals surface area contributed by atoms with Gasteiger partial charge in [-0.1, -0.05) is 6.92 Å². The first-order chi connectivity index (χ1) is 7.24. The average molecular weight is 243 g/mol. The van der Waals surface area contributed by atoms with Gasteiger partial charge in [0.05, 0.1) is 11.9 Å². The lowest BCUT2D eigenvalue weighted by Crippen LogP contribution is -2.37. The zero-order valence-electron chi connectivity index (χ0n) is 10.3. The van der Waals surface area contributed by atoms with Gasteiger partial charge in [-0.05, 0) is 50.4 Å². The molecule has 0 spiro atoms. The summed E-state index contributed by atoms with van der Waals surface area (Å²) >= 11 is 0. The van der Waals surface area contributed by atoms with Crippen molar-refractivity contribution in [1.82, 2.24) is 5.32 Å². The van der Waals surface area contributed by atoms with E-state index in [-0.39, 0.29) is 12.4 Å². The molecule has 0 radical (unpaired) electrons. The van der Waals surface area contributed by atoms with Gasteiger partial charge < -0.3 is 5.32 Å². The highest BCUT2D eigenvalue weighted by Gasteiger charge is 2.42. The van der Waals surface area contributed by atoms with Crippen LogP contribution in [0.5, 0.6) is 0 Å². The summed E-state index contributed by atoms with van der Waals surface area (Å²) in [5.74, 6) is 4.00. The molecule has 0 bridgehead atoms. The molecule has 0 aromatic carbocycles. The number of nitrogens with one attached hydrogen (secondary N) is 1. The van der Waals surface area contributed by atoms with Crippen molar-refractivity contribution >= 4 is 18.2 Å². The van der Waals surface area contributed by atoms with Crippen LogP contribution in [0.25, 0.3) is 0 Å². The second-order valence-electron chi connectivity index (χ2n) is 5.84. The number of aliphatic imine (C=N–C) groups is 1. The summed E-state index contributed by atoms with van der Waals surface area (Å²) in [7, 11) is 0. The summed E-state index contributed by atoms with van der Waals surface area (Å²) in [5.41, 5.74) is 0. The van der Waals surface area contributed by atoms with Gasteiger partial charge >= 0.3 is 0 Å². The molecule has 2 saturated carbocycles. The fourth-order valence-electron chi connectivity index (χ4n) is 2.72. The highest BCUT2D eigenvalue weighted by Crippen LogP contribution is 2.44. The monoisotopic (exact) mass is 242 g/mol. The topological polar surface area (TPSA) is 24.4 Å². The second-order valence-corrected chi connectivity index (χ2v) is 5.84. The van der Waals surface area contributed by atoms with E-state index in [0.29, 0.717) is 6.04 Å². The Balaban J connectivity index is 0.000000963. The number of hydrogen-bond acceptors (Lipinski definition) is 2. The van der Waals surface area contributed by atoms with Crippen molar-refractivity contribution in [3.05, 3.63) is 0 Å². The van der Waals surface area contributed by atoms with Crippen molar-refractivity contribution < 1.29 is 0 Å². The first-order valence-corrected chi connectivity index (χ1v) is 6.57. The molecular weight excluding hydrogens is 220 g/mol. The van der Waals surface area contributed by atoms with E-state index in [1.807, 2.05) is 0 Å². The van der Waals surface area contributed by atoms with E-state index in [1.54, 1.807) is 0 Å². The summed E-state index contributed by atoms with van der Waals surface area (Å²) in [6.45, 7) is 4.55. The minimum atomic E-state index is 0. The maximum absolute atomic E-state index is 4.74. The van der Waals surface area contributed by atoms with Crippen molar-refractivity contribution in [2.45, 2.75) is 58.0 Å². The van der Waals surface area contributed by atoms with Crippen LogP contribution >= 0.6 is 12.4 Å². The lowest BCUT2D eigenvalue weighted by atomic mass is 10.0. The second kappa shape index (κ2) is 4.56. The number of halogens is 1. The molecule has 2 nitrogen and oxygen atoms in total. The SMILES string of the molecule is C[C@@H]1N=C(NC(C2CC2)C2CC2)C[C@@H]1C.Cl. The minimum Gasteiger partial charge on any atom is -0.371 e. The highest BCUT2D eigenvalue weighted by molar-refractivity contribution is 5.85. The molecule has 0 unspecified atom stereocenters. The molecule has 3 aliphatic rings. The van der Waals surface area contributed by atoms with E-state index in [9.17, 15) is 0 Å². The van der Waals surface area contributed by atoms with Crippen molar-refractivity contribution in [2.24, 2.45) is 22.7 Å². The van der Waals surface area contributed by atoms with Gasteiger partial charge in [0.15, 0.2) is 0 Å². The number of rotatable bonds is 3. The number of amidine groups is 1. The lowest BCUT2D eigenvalue weighted by Gasteiger charge is -2.18. The normalized spacial score (nSPS) is 33.6. The summed E-state index contributed by atoms with van der Waals surface area (Å²) in [4.78, 5) is 4.74. The molecule has 0 amide bonds. The van der Waals surface area contributed by atoms with Gasteiger partial charge in [0.25, 0.3) is 0 Å². The Bertz CT molecular complexity index is 270. The molecule has 1 heterocycles. The third-order valence-electron chi connectivity index (χ3n) is 4.29. The quantitative estimate of drug-likeness (QED) is 0.809. The molecule has 16 heavy (non-hydrogen) atoms. The van der Waals surface area contributed by atoms with Crippen molar-refractivity contribution in [3.63, 3.8) is 0 Å². The Morgan fingerprint density at radius 1 is 1.12 bits per heavy atom. The Kier molecular flexibility index (Phi) is 3.48. The predicted octanol–water partition coefficient (Wildman–Crippen LogP) is 3.01. The third kappa shape index (κ3) is 2.53. The summed E-state index contributed by atoms with van der Waals surface area (Å²) in [6.07, 6.45) is 6.98. The predicted molar refractivity (Wildman–Crippen MR) is 70.3 cm³/mol. The molecular formula is C13H23ClN2. The lowest BCUT2D eigenvalue weighted by molar-refractivity contribution is 0.477. The van der Waals surface area contributed by atoms with Crippen molar-refractivity contribution in [1.29, 1.82) is 0 Å². The average Bonchev–Trinajstić information content (AvgIpc) is 3.07. The van der Waals surface area contributed by atoms with Crippen LogP contribution in [0.2, 0.25) is 0 Å². The highest BCUT2D eigenvalue weighted by atomic mass is 35.5. The third-order valence-corrected chi connectivity index (χ3v) is 4.29. The zero-order valence-corrected chi connectivity index (χ0v) is 11.1. The van der Waals surface area contributed by atoms with Crippen LogP contribution in [0, 0.1) is 17.8 Å². The standard InChI is InChI=1S/C13H22N2.ClH/c1-8-7-12(14-9(8)2)15-13(10-3-4-10)11-5-6-11;/h8-11,13H,3-7H2,1-2H3,(H,14,15);1H/t8-,9-;/m0./s1. The molecule has 3 rings (SSSR count). The first kappa shape index (κ1) is 12.2. The van der Waals surface area contributed by atoms with Gasteiger partial charge in [-0.3, -0.25) is 4.99 Å². The van der Waals surface area contributed by atoms with Crippen molar-refractivity contribution in [3.8, 4) is 0 Å². The van der Waals surface area contributed by atoms with Gasteiger partial charge in [0.2, 0.25) is 0 Å². The molecule has 92 valence electrons. The molecule has 0 aromatic heterocycles. The molecule has 1 N–H and O–H groups in total. The van der Waals surface area contributed by atoms with Crippen LogP contribution in [-0.4, -0.2) is 17.9 Å². The van der Waals surface area contributed by atoms with Crippen LogP contribution in [0.1, 0.15) is 46.0 Å². The fraction of sp³-hybridized carbons (Fsp3) is 0.923. The number of nitrogens with zero attached hydrogens (tertiary/aromatic N) is 1. The summed E-state index contributed by atoms with van der Waals surface area (Å²) in [5, 5.41) is 3.75. The van der Waals surface area contributed by atoms with Crippen molar-refractivity contribution in [2.75, 3.05) is 0 Å². The molecule has 0 aromatic rings. The largest absolute Gasteiger partial charge is 0.371 e. The van der Waals surface area contributed by atoms with Crippen LogP contribution in [-0.2, 0) is 0 Å². The zero-order chi connectivity index (χ0) is 10.4. The smallest absolute Gasteiger partial charge is 0.0972 e. The van der Waals surface area contributed by atoms with Gasteiger partial charge in [-0.25, -0.2) is 0 Å². The first-order valence-electron chi connectivity index (χ1n) is 6.57. The molecule has 1 aliphatic heterocycles. The maximum atomic E-state index is 4.74. The fourth-order valence-corrected chi connectivity index (χ4v) is 2.72. The Morgan fingerprint density at radius 2 is 1.69 bits per heavy atom. The Labute approximate surface area is 105 Å². The Morgan fingerprint density at radius 3 is 2.06 bits per heavy atom. The summed E-state index contributed by atoms with van der Waals surface area (Å²) in [6, 6.07) is 1.31. The van der Waals surface area contributed by atoms with E-state index in [1.165, 1.54) is 37.9 Å². The molecule has 0 saturated heterocycles. The van der Waals surface area contributed by atoms with Crippen LogP contribution in [0.15, 0.2) is 4.99 Å². The molecule has 2 aliphatic carbocycles. The van der Waals surface area contributed by atoms with E-state index >= 15 is 0 Å². The van der Waals surface area contributed by atoms with E-state index < -0.39 is 0 Å². The summed E-state index contributed by atoms with van der Waals surface area (Å²) < 4.78 is 0. The van der Waals surface area contributed by atoms with Gasteiger partial charge in [-0.2, -0.15) is 0 Å². The van der Waals surface area contributed by atoms with E-state index in [4.69, 9.17) is 4.99 Å². The van der Waals surface area contributed by atoms with Crippen LogP contribution in [0.3, 0.4) is 0 Å². The number of hydrogen-bond donors (Lipinski definition) is 1.